The van der Waals surface area contributed by atoms with E-state index in [0.29, 0.717) is 11.6 Å². The standard InChI is InChI=1S/C18H19FN4S/c1-22(16-7-2-3-10-20-16)13-8-11-23(12-9-13)18-21-17-14(19)5-4-6-15(17)24-18/h2-7,10,13H,8-9,11-12H2,1H3. The van der Waals surface area contributed by atoms with E-state index >= 15 is 0 Å². The van der Waals surface area contributed by atoms with Crippen LogP contribution in [-0.2, 0) is 0 Å². The number of benzene rings is 1. The highest BCUT2D eigenvalue weighted by Gasteiger charge is 2.25. The van der Waals surface area contributed by atoms with Crippen molar-refractivity contribution in [3.63, 3.8) is 0 Å². The lowest BCUT2D eigenvalue weighted by atomic mass is 10.0. The third kappa shape index (κ3) is 2.82. The van der Waals surface area contributed by atoms with Gasteiger partial charge in [-0.25, -0.2) is 14.4 Å². The Morgan fingerprint density at radius 2 is 2.00 bits per heavy atom. The van der Waals surface area contributed by atoms with E-state index in [1.165, 1.54) is 6.07 Å². The summed E-state index contributed by atoms with van der Waals surface area (Å²) in [5, 5.41) is 0.925. The lowest BCUT2D eigenvalue weighted by Gasteiger charge is -2.37. The zero-order valence-electron chi connectivity index (χ0n) is 13.5. The van der Waals surface area contributed by atoms with Crippen molar-refractivity contribution in [2.75, 3.05) is 29.9 Å². The molecule has 0 saturated carbocycles. The topological polar surface area (TPSA) is 32.3 Å². The van der Waals surface area contributed by atoms with Crippen LogP contribution in [0.25, 0.3) is 10.2 Å². The van der Waals surface area contributed by atoms with Gasteiger partial charge in [0.2, 0.25) is 0 Å². The number of piperidine rings is 1. The Kier molecular flexibility index (Phi) is 4.06. The van der Waals surface area contributed by atoms with Crippen molar-refractivity contribution in [1.29, 1.82) is 0 Å². The van der Waals surface area contributed by atoms with Gasteiger partial charge in [-0.2, -0.15) is 0 Å². The van der Waals surface area contributed by atoms with Crippen LogP contribution in [0.3, 0.4) is 0 Å². The van der Waals surface area contributed by atoms with Crippen LogP contribution >= 0.6 is 11.3 Å². The monoisotopic (exact) mass is 342 g/mol. The first kappa shape index (κ1) is 15.3. The molecule has 0 spiro atoms. The predicted octanol–water partition coefficient (Wildman–Crippen LogP) is 3.94. The summed E-state index contributed by atoms with van der Waals surface area (Å²) in [5.74, 6) is 0.776. The molecule has 1 aliphatic rings. The van der Waals surface area contributed by atoms with Crippen LogP contribution in [0.4, 0.5) is 15.3 Å². The highest BCUT2D eigenvalue weighted by Crippen LogP contribution is 2.32. The van der Waals surface area contributed by atoms with Gasteiger partial charge in [-0.1, -0.05) is 23.5 Å². The average Bonchev–Trinajstić information content (AvgIpc) is 3.08. The van der Waals surface area contributed by atoms with E-state index in [1.807, 2.05) is 30.5 Å². The van der Waals surface area contributed by atoms with Gasteiger partial charge < -0.3 is 9.80 Å². The maximum Gasteiger partial charge on any atom is 0.186 e. The summed E-state index contributed by atoms with van der Waals surface area (Å²) in [6, 6.07) is 11.6. The highest BCUT2D eigenvalue weighted by atomic mass is 32.1. The molecule has 1 aliphatic heterocycles. The number of pyridine rings is 1. The Morgan fingerprint density at radius 3 is 2.71 bits per heavy atom. The summed E-state index contributed by atoms with van der Waals surface area (Å²) >= 11 is 1.57. The van der Waals surface area contributed by atoms with Crippen LogP contribution in [0.2, 0.25) is 0 Å². The SMILES string of the molecule is CN(c1ccccn1)C1CCN(c2nc3c(F)cccc3s2)CC1. The molecule has 6 heteroatoms. The summed E-state index contributed by atoms with van der Waals surface area (Å²) in [5.41, 5.74) is 0.491. The van der Waals surface area contributed by atoms with Gasteiger partial charge in [-0.05, 0) is 37.1 Å². The molecule has 0 bridgehead atoms. The number of nitrogens with zero attached hydrogens (tertiary/aromatic N) is 4. The number of thiazole rings is 1. The van der Waals surface area contributed by atoms with Gasteiger partial charge in [-0.15, -0.1) is 0 Å². The summed E-state index contributed by atoms with van der Waals surface area (Å²) in [7, 11) is 2.11. The summed E-state index contributed by atoms with van der Waals surface area (Å²) in [6.45, 7) is 1.87. The van der Waals surface area contributed by atoms with Crippen molar-refractivity contribution in [2.24, 2.45) is 0 Å². The van der Waals surface area contributed by atoms with E-state index < -0.39 is 0 Å². The second-order valence-corrected chi connectivity index (χ2v) is 7.11. The molecular weight excluding hydrogens is 323 g/mol. The van der Waals surface area contributed by atoms with Crippen molar-refractivity contribution in [3.8, 4) is 0 Å². The average molecular weight is 342 g/mol. The van der Waals surface area contributed by atoms with Crippen LogP contribution < -0.4 is 9.80 Å². The molecule has 2 aromatic heterocycles. The number of halogens is 1. The number of rotatable bonds is 3. The number of anilines is 2. The molecule has 1 saturated heterocycles. The number of hydrogen-bond acceptors (Lipinski definition) is 5. The maximum absolute atomic E-state index is 13.8. The number of hydrogen-bond donors (Lipinski definition) is 0. The molecule has 1 aromatic carbocycles. The van der Waals surface area contributed by atoms with Crippen molar-refractivity contribution in [3.05, 3.63) is 48.4 Å². The smallest absolute Gasteiger partial charge is 0.186 e. The van der Waals surface area contributed by atoms with Crippen molar-refractivity contribution in [1.82, 2.24) is 9.97 Å². The van der Waals surface area contributed by atoms with E-state index in [9.17, 15) is 4.39 Å². The molecule has 0 atom stereocenters. The second kappa shape index (κ2) is 6.36. The zero-order chi connectivity index (χ0) is 16.5. The molecule has 4 nitrogen and oxygen atoms in total. The first-order valence-electron chi connectivity index (χ1n) is 8.16. The Labute approximate surface area is 144 Å². The minimum absolute atomic E-state index is 0.236. The van der Waals surface area contributed by atoms with Gasteiger partial charge in [0.25, 0.3) is 0 Å². The van der Waals surface area contributed by atoms with E-state index in [2.05, 4.69) is 26.8 Å². The Morgan fingerprint density at radius 1 is 1.17 bits per heavy atom. The molecule has 0 aliphatic carbocycles. The van der Waals surface area contributed by atoms with Crippen LogP contribution in [0.5, 0.6) is 0 Å². The van der Waals surface area contributed by atoms with E-state index in [4.69, 9.17) is 0 Å². The van der Waals surface area contributed by atoms with Crippen LogP contribution in [0.15, 0.2) is 42.6 Å². The van der Waals surface area contributed by atoms with Gasteiger partial charge in [0.1, 0.15) is 17.2 Å². The van der Waals surface area contributed by atoms with Crippen LogP contribution in [-0.4, -0.2) is 36.1 Å². The third-order valence-corrected chi connectivity index (χ3v) is 5.73. The molecule has 4 rings (SSSR count). The molecule has 124 valence electrons. The van der Waals surface area contributed by atoms with Gasteiger partial charge in [-0.3, -0.25) is 0 Å². The minimum atomic E-state index is -0.236. The fraction of sp³-hybridized carbons (Fsp3) is 0.333. The number of fused-ring (bicyclic) bond motifs is 1. The minimum Gasteiger partial charge on any atom is -0.357 e. The normalized spacial score (nSPS) is 15.8. The van der Waals surface area contributed by atoms with Crippen molar-refractivity contribution < 1.29 is 4.39 Å². The molecule has 0 N–H and O–H groups in total. The predicted molar refractivity (Wildman–Crippen MR) is 97.5 cm³/mol. The molecule has 1 fully saturated rings. The van der Waals surface area contributed by atoms with Gasteiger partial charge >= 0.3 is 0 Å². The molecule has 0 radical (unpaired) electrons. The first-order valence-corrected chi connectivity index (χ1v) is 8.98. The van der Waals surface area contributed by atoms with Crippen molar-refractivity contribution >= 4 is 32.5 Å². The quantitative estimate of drug-likeness (QED) is 0.722. The van der Waals surface area contributed by atoms with E-state index in [1.54, 1.807) is 17.4 Å². The van der Waals surface area contributed by atoms with Gasteiger partial charge in [0, 0.05) is 32.4 Å². The summed E-state index contributed by atoms with van der Waals surface area (Å²) < 4.78 is 14.7. The van der Waals surface area contributed by atoms with Gasteiger partial charge in [0.05, 0.1) is 4.70 Å². The Bertz CT molecular complexity index is 827. The second-order valence-electron chi connectivity index (χ2n) is 6.10. The van der Waals surface area contributed by atoms with E-state index in [0.717, 1.165) is 41.6 Å². The highest BCUT2D eigenvalue weighted by molar-refractivity contribution is 7.22. The molecule has 3 aromatic rings. The lowest BCUT2D eigenvalue weighted by molar-refractivity contribution is 0.480. The maximum atomic E-state index is 13.8. The van der Waals surface area contributed by atoms with Crippen LogP contribution in [0, 0.1) is 5.82 Å². The summed E-state index contributed by atoms with van der Waals surface area (Å²) in [6.07, 6.45) is 3.92. The third-order valence-electron chi connectivity index (χ3n) is 4.65. The van der Waals surface area contributed by atoms with Gasteiger partial charge in [0.15, 0.2) is 5.13 Å². The fourth-order valence-electron chi connectivity index (χ4n) is 3.23. The largest absolute Gasteiger partial charge is 0.357 e. The molecule has 3 heterocycles. The molecule has 0 amide bonds. The molecule has 24 heavy (non-hydrogen) atoms. The Balaban J connectivity index is 1.46. The molecular formula is C18H19FN4S. The number of para-hydroxylation sites is 1. The van der Waals surface area contributed by atoms with E-state index in [-0.39, 0.29) is 5.82 Å². The lowest BCUT2D eigenvalue weighted by Crippen LogP contribution is -2.43. The van der Waals surface area contributed by atoms with Crippen molar-refractivity contribution in [2.45, 2.75) is 18.9 Å². The van der Waals surface area contributed by atoms with Crippen LogP contribution in [0.1, 0.15) is 12.8 Å². The Hall–Kier alpha value is -2.21. The fourth-order valence-corrected chi connectivity index (χ4v) is 4.26. The summed E-state index contributed by atoms with van der Waals surface area (Å²) in [4.78, 5) is 13.5. The first-order chi connectivity index (χ1) is 11.7. The molecule has 0 unspecified atom stereocenters. The number of aromatic nitrogens is 2. The zero-order valence-corrected chi connectivity index (χ0v) is 14.3.